The summed E-state index contributed by atoms with van der Waals surface area (Å²) in [6.45, 7) is 5.25. The van der Waals surface area contributed by atoms with Gasteiger partial charge in [-0.3, -0.25) is 0 Å². The molecule has 0 saturated carbocycles. The van der Waals surface area contributed by atoms with Crippen molar-refractivity contribution in [3.05, 3.63) is 36.8 Å². The molecule has 65 valence electrons. The fourth-order valence-corrected chi connectivity index (χ4v) is 1.07. The number of hydrogen-bond donors (Lipinski definition) is 1. The summed E-state index contributed by atoms with van der Waals surface area (Å²) in [5.74, 6) is 0.929. The first-order valence-electron chi connectivity index (χ1n) is 4.00. The zero-order valence-electron chi connectivity index (χ0n) is 7.34. The summed E-state index contributed by atoms with van der Waals surface area (Å²) in [6.07, 6.45) is 0. The number of nitrogens with one attached hydrogen (secondary N) is 1. The Morgan fingerprint density at radius 1 is 1.42 bits per heavy atom. The number of para-hydroxylation sites is 1. The number of methoxy groups -OCH3 is 1. The molecule has 0 aliphatic heterocycles. The highest BCUT2D eigenvalue weighted by molar-refractivity contribution is 5.32. The SMILES string of the molecule is [CH2]CNCc1ccccc1OC. The van der Waals surface area contributed by atoms with E-state index in [1.165, 1.54) is 5.56 Å². The average Bonchev–Trinajstić information content (AvgIpc) is 2.15. The molecule has 12 heavy (non-hydrogen) atoms. The van der Waals surface area contributed by atoms with Crippen LogP contribution in [0, 0.1) is 6.92 Å². The van der Waals surface area contributed by atoms with Gasteiger partial charge in [0.05, 0.1) is 7.11 Å². The Morgan fingerprint density at radius 2 is 2.17 bits per heavy atom. The molecule has 0 bridgehead atoms. The van der Waals surface area contributed by atoms with E-state index in [0.29, 0.717) is 0 Å². The molecule has 0 unspecified atom stereocenters. The summed E-state index contributed by atoms with van der Waals surface area (Å²) in [5.41, 5.74) is 1.17. The van der Waals surface area contributed by atoms with E-state index in [-0.39, 0.29) is 0 Å². The largest absolute Gasteiger partial charge is 0.496 e. The van der Waals surface area contributed by atoms with Crippen molar-refractivity contribution in [2.75, 3.05) is 13.7 Å². The Labute approximate surface area is 73.6 Å². The van der Waals surface area contributed by atoms with Crippen LogP contribution in [0.25, 0.3) is 0 Å². The molecule has 0 aliphatic carbocycles. The van der Waals surface area contributed by atoms with E-state index in [9.17, 15) is 0 Å². The summed E-state index contributed by atoms with van der Waals surface area (Å²) < 4.78 is 5.18. The van der Waals surface area contributed by atoms with Crippen LogP contribution in [0.3, 0.4) is 0 Å². The van der Waals surface area contributed by atoms with E-state index in [1.807, 2.05) is 24.3 Å². The van der Waals surface area contributed by atoms with Crippen LogP contribution < -0.4 is 10.1 Å². The predicted octanol–water partition coefficient (Wildman–Crippen LogP) is 1.62. The standard InChI is InChI=1S/C10H14NO/c1-3-11-8-9-6-4-5-7-10(9)12-2/h4-7,11H,1,3,8H2,2H3. The number of rotatable bonds is 4. The van der Waals surface area contributed by atoms with E-state index in [1.54, 1.807) is 7.11 Å². The molecule has 0 amide bonds. The second-order valence-corrected chi connectivity index (χ2v) is 2.49. The van der Waals surface area contributed by atoms with Crippen molar-refractivity contribution in [2.24, 2.45) is 0 Å². The normalized spacial score (nSPS) is 9.83. The Kier molecular flexibility index (Phi) is 3.61. The van der Waals surface area contributed by atoms with Crippen LogP contribution in [0.1, 0.15) is 5.56 Å². The first kappa shape index (κ1) is 9.07. The van der Waals surface area contributed by atoms with Crippen molar-refractivity contribution in [3.63, 3.8) is 0 Å². The molecule has 1 N–H and O–H groups in total. The lowest BCUT2D eigenvalue weighted by atomic mass is 10.2. The monoisotopic (exact) mass is 164 g/mol. The summed E-state index contributed by atoms with van der Waals surface area (Å²) >= 11 is 0. The Bertz CT molecular complexity index is 235. The van der Waals surface area contributed by atoms with Crippen molar-refractivity contribution in [1.29, 1.82) is 0 Å². The van der Waals surface area contributed by atoms with Gasteiger partial charge in [0.15, 0.2) is 0 Å². The predicted molar refractivity (Wildman–Crippen MR) is 50.1 cm³/mol. The van der Waals surface area contributed by atoms with Gasteiger partial charge in [0.1, 0.15) is 5.75 Å². The average molecular weight is 164 g/mol. The lowest BCUT2D eigenvalue weighted by Gasteiger charge is -2.07. The maximum atomic E-state index is 5.18. The van der Waals surface area contributed by atoms with E-state index < -0.39 is 0 Å². The topological polar surface area (TPSA) is 21.3 Å². The van der Waals surface area contributed by atoms with Gasteiger partial charge in [-0.2, -0.15) is 0 Å². The maximum absolute atomic E-state index is 5.18. The van der Waals surface area contributed by atoms with Gasteiger partial charge in [0.2, 0.25) is 0 Å². The number of hydrogen-bond acceptors (Lipinski definition) is 2. The van der Waals surface area contributed by atoms with Gasteiger partial charge < -0.3 is 10.1 Å². The van der Waals surface area contributed by atoms with Crippen molar-refractivity contribution in [1.82, 2.24) is 5.32 Å². The minimum absolute atomic E-state index is 0.734. The summed E-state index contributed by atoms with van der Waals surface area (Å²) in [4.78, 5) is 0. The molecule has 0 fully saturated rings. The molecule has 1 aromatic rings. The Balaban J connectivity index is 2.68. The van der Waals surface area contributed by atoms with Gasteiger partial charge >= 0.3 is 0 Å². The quantitative estimate of drug-likeness (QED) is 0.730. The molecule has 1 radical (unpaired) electrons. The van der Waals surface area contributed by atoms with Crippen LogP contribution in [0.15, 0.2) is 24.3 Å². The third-order valence-corrected chi connectivity index (χ3v) is 1.68. The number of ether oxygens (including phenoxy) is 1. The van der Waals surface area contributed by atoms with Gasteiger partial charge in [-0.1, -0.05) is 18.2 Å². The molecule has 1 rings (SSSR count). The second kappa shape index (κ2) is 4.78. The zero-order chi connectivity index (χ0) is 8.81. The molecule has 0 spiro atoms. The van der Waals surface area contributed by atoms with E-state index >= 15 is 0 Å². The number of benzene rings is 1. The van der Waals surface area contributed by atoms with Gasteiger partial charge in [-0.05, 0) is 19.5 Å². The molecule has 0 saturated heterocycles. The fraction of sp³-hybridized carbons (Fsp3) is 0.300. The molecule has 0 heterocycles. The van der Waals surface area contributed by atoms with E-state index in [4.69, 9.17) is 4.74 Å². The van der Waals surface area contributed by atoms with Crippen molar-refractivity contribution >= 4 is 0 Å². The third-order valence-electron chi connectivity index (χ3n) is 1.68. The van der Waals surface area contributed by atoms with Crippen molar-refractivity contribution in [2.45, 2.75) is 6.54 Å². The highest BCUT2D eigenvalue weighted by atomic mass is 16.5. The molecular formula is C10H14NO. The van der Waals surface area contributed by atoms with Gasteiger partial charge in [-0.15, -0.1) is 0 Å². The minimum Gasteiger partial charge on any atom is -0.496 e. The van der Waals surface area contributed by atoms with Crippen LogP contribution in [-0.4, -0.2) is 13.7 Å². The molecule has 0 aliphatic rings. The minimum atomic E-state index is 0.734. The molecule has 2 heteroatoms. The molecule has 1 aromatic carbocycles. The highest BCUT2D eigenvalue weighted by Crippen LogP contribution is 2.16. The second-order valence-electron chi connectivity index (χ2n) is 2.49. The molecule has 0 aromatic heterocycles. The molecular weight excluding hydrogens is 150 g/mol. The fourth-order valence-electron chi connectivity index (χ4n) is 1.07. The third kappa shape index (κ3) is 2.24. The van der Waals surface area contributed by atoms with Crippen LogP contribution in [0.4, 0.5) is 0 Å². The summed E-state index contributed by atoms with van der Waals surface area (Å²) in [5, 5.41) is 3.15. The van der Waals surface area contributed by atoms with Crippen molar-refractivity contribution < 1.29 is 4.74 Å². The maximum Gasteiger partial charge on any atom is 0.123 e. The van der Waals surface area contributed by atoms with Crippen molar-refractivity contribution in [3.8, 4) is 5.75 Å². The summed E-state index contributed by atoms with van der Waals surface area (Å²) in [6, 6.07) is 7.97. The van der Waals surface area contributed by atoms with Crippen LogP contribution in [0.5, 0.6) is 5.75 Å². The van der Waals surface area contributed by atoms with E-state index in [0.717, 1.165) is 18.8 Å². The first-order chi connectivity index (χ1) is 5.88. The Hall–Kier alpha value is -1.02. The van der Waals surface area contributed by atoms with E-state index in [2.05, 4.69) is 12.2 Å². The van der Waals surface area contributed by atoms with Crippen LogP contribution in [0.2, 0.25) is 0 Å². The summed E-state index contributed by atoms with van der Waals surface area (Å²) in [7, 11) is 1.68. The zero-order valence-corrected chi connectivity index (χ0v) is 7.34. The smallest absolute Gasteiger partial charge is 0.123 e. The Morgan fingerprint density at radius 3 is 2.83 bits per heavy atom. The van der Waals surface area contributed by atoms with Crippen LogP contribution >= 0.6 is 0 Å². The van der Waals surface area contributed by atoms with Gasteiger partial charge in [0.25, 0.3) is 0 Å². The van der Waals surface area contributed by atoms with Crippen LogP contribution in [-0.2, 0) is 6.54 Å². The first-order valence-corrected chi connectivity index (χ1v) is 4.00. The highest BCUT2D eigenvalue weighted by Gasteiger charge is 1.98. The van der Waals surface area contributed by atoms with Gasteiger partial charge in [-0.25, -0.2) is 0 Å². The molecule has 2 nitrogen and oxygen atoms in total. The lowest BCUT2D eigenvalue weighted by Crippen LogP contribution is -2.12. The van der Waals surface area contributed by atoms with Gasteiger partial charge in [0, 0.05) is 12.1 Å². The molecule has 0 atom stereocenters. The lowest BCUT2D eigenvalue weighted by molar-refractivity contribution is 0.408.